The fraction of sp³-hybridized carbons (Fsp3) is 0.333. The van der Waals surface area contributed by atoms with Gasteiger partial charge in [-0.3, -0.25) is 4.79 Å². The molecule has 1 fully saturated rings. The van der Waals surface area contributed by atoms with Crippen molar-refractivity contribution in [3.63, 3.8) is 0 Å². The molecule has 3 aromatic rings. The normalized spacial score (nSPS) is 13.7. The zero-order valence-electron chi connectivity index (χ0n) is 15.4. The molecule has 0 spiro atoms. The molecule has 2 heterocycles. The number of nitrogens with zero attached hydrogens (tertiary/aromatic N) is 4. The van der Waals surface area contributed by atoms with Crippen LogP contribution in [0.2, 0.25) is 0 Å². The van der Waals surface area contributed by atoms with Crippen LogP contribution >= 0.6 is 0 Å². The lowest BCUT2D eigenvalue weighted by Crippen LogP contribution is -2.34. The number of benzene rings is 1. The van der Waals surface area contributed by atoms with Crippen LogP contribution in [0.25, 0.3) is 11.5 Å². The third kappa shape index (κ3) is 3.52. The van der Waals surface area contributed by atoms with Crippen LogP contribution in [0.4, 0.5) is 4.39 Å². The first-order chi connectivity index (χ1) is 13.2. The van der Waals surface area contributed by atoms with Crippen LogP contribution in [-0.2, 0) is 0 Å². The molecule has 2 aromatic heterocycles. The molecule has 1 aliphatic rings. The molecule has 140 valence electrons. The predicted octanol–water partition coefficient (Wildman–Crippen LogP) is 4.06. The average molecular weight is 366 g/mol. The van der Waals surface area contributed by atoms with Crippen molar-refractivity contribution >= 4 is 5.91 Å². The summed E-state index contributed by atoms with van der Waals surface area (Å²) in [6.07, 6.45) is 8.52. The van der Waals surface area contributed by atoms with E-state index in [0.29, 0.717) is 29.5 Å². The predicted molar refractivity (Wildman–Crippen MR) is 102 cm³/mol. The molecule has 6 heteroatoms. The first-order valence-electron chi connectivity index (χ1n) is 9.44. The lowest BCUT2D eigenvalue weighted by atomic mass is 10.2. The van der Waals surface area contributed by atoms with E-state index in [-0.39, 0.29) is 11.7 Å². The fourth-order valence-corrected chi connectivity index (χ4v) is 3.34. The molecule has 5 nitrogen and oxygen atoms in total. The first kappa shape index (κ1) is 17.5. The third-order valence-corrected chi connectivity index (χ3v) is 4.86. The molecule has 0 saturated heterocycles. The van der Waals surface area contributed by atoms with Crippen molar-refractivity contribution in [3.8, 4) is 11.5 Å². The van der Waals surface area contributed by atoms with Crippen molar-refractivity contribution in [1.29, 1.82) is 0 Å². The van der Waals surface area contributed by atoms with Gasteiger partial charge in [-0.1, -0.05) is 19.1 Å². The van der Waals surface area contributed by atoms with Gasteiger partial charge in [-0.25, -0.2) is 9.07 Å². The van der Waals surface area contributed by atoms with Crippen LogP contribution in [0.5, 0.6) is 0 Å². The van der Waals surface area contributed by atoms with Crippen molar-refractivity contribution in [1.82, 2.24) is 19.2 Å². The minimum atomic E-state index is -0.378. The summed E-state index contributed by atoms with van der Waals surface area (Å²) in [6.45, 7) is 3.57. The minimum absolute atomic E-state index is 0.0463. The van der Waals surface area contributed by atoms with Crippen molar-refractivity contribution in [2.24, 2.45) is 5.92 Å². The Balaban J connectivity index is 1.79. The van der Waals surface area contributed by atoms with E-state index in [0.717, 1.165) is 13.0 Å². The van der Waals surface area contributed by atoms with Crippen LogP contribution in [0.3, 0.4) is 0 Å². The second-order valence-electron chi connectivity index (χ2n) is 7.03. The summed E-state index contributed by atoms with van der Waals surface area (Å²) >= 11 is 0. The van der Waals surface area contributed by atoms with Crippen molar-refractivity contribution < 1.29 is 9.18 Å². The largest absolute Gasteiger partial charge is 0.338 e. The number of aromatic nitrogens is 3. The average Bonchev–Trinajstić information content (AvgIpc) is 3.16. The van der Waals surface area contributed by atoms with Crippen LogP contribution in [0.15, 0.2) is 55.0 Å². The number of para-hydroxylation sites is 1. The molecular formula is C21H23FN4O. The van der Waals surface area contributed by atoms with E-state index >= 15 is 0 Å². The molecule has 1 aromatic carbocycles. The van der Waals surface area contributed by atoms with Gasteiger partial charge in [0.1, 0.15) is 17.1 Å². The molecule has 4 rings (SSSR count). The van der Waals surface area contributed by atoms with Gasteiger partial charge in [0.15, 0.2) is 5.82 Å². The number of halogens is 1. The Hall–Kier alpha value is -2.89. The first-order valence-corrected chi connectivity index (χ1v) is 9.44. The highest BCUT2D eigenvalue weighted by molar-refractivity contribution is 5.97. The van der Waals surface area contributed by atoms with Gasteiger partial charge in [0.05, 0.1) is 6.20 Å². The van der Waals surface area contributed by atoms with Crippen LogP contribution < -0.4 is 0 Å². The lowest BCUT2D eigenvalue weighted by Gasteiger charge is -2.22. The number of carbonyl (C=O) groups is 1. The maximum absolute atomic E-state index is 14.4. The number of rotatable bonds is 7. The monoisotopic (exact) mass is 366 g/mol. The quantitative estimate of drug-likeness (QED) is 0.633. The van der Waals surface area contributed by atoms with E-state index in [2.05, 4.69) is 12.0 Å². The summed E-state index contributed by atoms with van der Waals surface area (Å²) in [5, 5.41) is 4.37. The van der Waals surface area contributed by atoms with E-state index in [9.17, 15) is 9.18 Å². The number of hydrogen-bond acceptors (Lipinski definition) is 2. The summed E-state index contributed by atoms with van der Waals surface area (Å²) in [5.41, 5.74) is 0.813. The molecule has 27 heavy (non-hydrogen) atoms. The zero-order valence-corrected chi connectivity index (χ0v) is 15.4. The van der Waals surface area contributed by atoms with Gasteiger partial charge < -0.3 is 9.47 Å². The van der Waals surface area contributed by atoms with Gasteiger partial charge in [0.25, 0.3) is 5.91 Å². The summed E-state index contributed by atoms with van der Waals surface area (Å²) in [4.78, 5) is 15.2. The summed E-state index contributed by atoms with van der Waals surface area (Å²) in [6, 6.07) is 10.2. The molecule has 1 aliphatic carbocycles. The molecule has 0 unspecified atom stereocenters. The van der Waals surface area contributed by atoms with Crippen molar-refractivity contribution in [2.75, 3.05) is 13.1 Å². The molecule has 0 radical (unpaired) electrons. The maximum Gasteiger partial charge on any atom is 0.259 e. The summed E-state index contributed by atoms with van der Waals surface area (Å²) in [5.74, 6) is 0.746. The Kier molecular flexibility index (Phi) is 4.79. The van der Waals surface area contributed by atoms with E-state index in [1.54, 1.807) is 24.4 Å². The highest BCUT2D eigenvalue weighted by atomic mass is 19.1. The van der Waals surface area contributed by atoms with Gasteiger partial charge in [0.2, 0.25) is 0 Å². The van der Waals surface area contributed by atoms with E-state index in [1.807, 2.05) is 34.0 Å². The Bertz CT molecular complexity index is 928. The number of amides is 1. The highest BCUT2D eigenvalue weighted by Gasteiger charge is 2.30. The summed E-state index contributed by atoms with van der Waals surface area (Å²) in [7, 11) is 0. The molecular weight excluding hydrogens is 343 g/mol. The van der Waals surface area contributed by atoms with Crippen LogP contribution in [0, 0.1) is 11.7 Å². The standard InChI is InChI=1S/C21H23FN4O/c1-2-11-25(15-16-9-10-16)21(27)17-14-23-26(19-8-4-3-7-18(19)22)20(17)24-12-5-6-13-24/h3-8,12-14,16H,2,9-11,15H2,1H3. The molecule has 0 atom stereocenters. The number of hydrogen-bond donors (Lipinski definition) is 0. The second kappa shape index (κ2) is 7.39. The van der Waals surface area contributed by atoms with Gasteiger partial charge in [0, 0.05) is 25.5 Å². The smallest absolute Gasteiger partial charge is 0.259 e. The van der Waals surface area contributed by atoms with E-state index in [4.69, 9.17) is 0 Å². The Morgan fingerprint density at radius 3 is 2.63 bits per heavy atom. The van der Waals surface area contributed by atoms with Crippen LogP contribution in [-0.4, -0.2) is 38.2 Å². The highest BCUT2D eigenvalue weighted by Crippen LogP contribution is 2.31. The van der Waals surface area contributed by atoms with Gasteiger partial charge >= 0.3 is 0 Å². The molecule has 1 amide bonds. The Morgan fingerprint density at radius 2 is 1.96 bits per heavy atom. The molecule has 0 bridgehead atoms. The lowest BCUT2D eigenvalue weighted by molar-refractivity contribution is 0.0747. The third-order valence-electron chi connectivity index (χ3n) is 4.86. The van der Waals surface area contributed by atoms with Gasteiger partial charge in [-0.05, 0) is 49.4 Å². The molecule has 1 saturated carbocycles. The topological polar surface area (TPSA) is 43.1 Å². The molecule has 0 N–H and O–H groups in total. The zero-order chi connectivity index (χ0) is 18.8. The van der Waals surface area contributed by atoms with Crippen LogP contribution in [0.1, 0.15) is 36.5 Å². The Labute approximate surface area is 158 Å². The maximum atomic E-state index is 14.4. The van der Waals surface area contributed by atoms with E-state index in [1.165, 1.54) is 23.6 Å². The minimum Gasteiger partial charge on any atom is -0.338 e. The van der Waals surface area contributed by atoms with E-state index < -0.39 is 0 Å². The SMILES string of the molecule is CCCN(CC1CC1)C(=O)c1cnn(-c2ccccc2F)c1-n1cccc1. The van der Waals surface area contributed by atoms with Crippen molar-refractivity contribution in [2.45, 2.75) is 26.2 Å². The second-order valence-corrected chi connectivity index (χ2v) is 7.03. The molecule has 0 aliphatic heterocycles. The van der Waals surface area contributed by atoms with Crippen molar-refractivity contribution in [3.05, 3.63) is 66.4 Å². The fourth-order valence-electron chi connectivity index (χ4n) is 3.34. The summed E-state index contributed by atoms with van der Waals surface area (Å²) < 4.78 is 17.7. The Morgan fingerprint density at radius 1 is 1.22 bits per heavy atom. The van der Waals surface area contributed by atoms with Gasteiger partial charge in [-0.2, -0.15) is 5.10 Å². The van der Waals surface area contributed by atoms with Gasteiger partial charge in [-0.15, -0.1) is 0 Å². The number of carbonyl (C=O) groups excluding carboxylic acids is 1.